The molecule has 1 aliphatic rings. The Bertz CT molecular complexity index is 1120. The van der Waals surface area contributed by atoms with Gasteiger partial charge in [0.25, 0.3) is 0 Å². The van der Waals surface area contributed by atoms with Gasteiger partial charge in [0.15, 0.2) is 0 Å². The fourth-order valence-electron chi connectivity index (χ4n) is 4.40. The number of nitrogens with two attached hydrogens (primary N) is 1. The molecule has 1 fully saturated rings. The minimum Gasteiger partial charge on any atom is -0.494 e. The summed E-state index contributed by atoms with van der Waals surface area (Å²) in [7, 11) is 0. The number of hydrogen-bond donors (Lipinski definition) is 7. The Morgan fingerprint density at radius 3 is 2.58 bits per heavy atom. The summed E-state index contributed by atoms with van der Waals surface area (Å²) in [4.78, 5) is 11.4. The Hall–Kier alpha value is -2.74. The van der Waals surface area contributed by atoms with Gasteiger partial charge in [0, 0.05) is 24.2 Å². The van der Waals surface area contributed by atoms with Crippen LogP contribution in [-0.4, -0.2) is 93.5 Å². The topological polar surface area (TPSA) is 192 Å². The first kappa shape index (κ1) is 31.8. The van der Waals surface area contributed by atoms with Crippen LogP contribution in [0.25, 0.3) is 0 Å². The van der Waals surface area contributed by atoms with Gasteiger partial charge in [-0.15, -0.1) is 5.10 Å². The highest BCUT2D eigenvalue weighted by Gasteiger charge is 2.45. The SMILES string of the molecule is Cc1cc(OCCCNCC(C)(C)C(N)=O)ccc1Cc1c(OC2O[C@H](CO)[C@@H](O)[C@H](O)[C@H]2O)n[nH]c1C(C)C. The third-order valence-corrected chi connectivity index (χ3v) is 7.20. The predicted molar refractivity (Wildman–Crippen MR) is 147 cm³/mol. The number of aliphatic hydroxyl groups excluding tert-OH is 4. The molecule has 5 atom stereocenters. The fraction of sp³-hybridized carbons (Fsp3) is 0.643. The summed E-state index contributed by atoms with van der Waals surface area (Å²) in [6.45, 7) is 10.8. The minimum atomic E-state index is -1.55. The highest BCUT2D eigenvalue weighted by atomic mass is 16.7. The van der Waals surface area contributed by atoms with Crippen molar-refractivity contribution in [2.75, 3.05) is 26.3 Å². The van der Waals surface area contributed by atoms with Gasteiger partial charge in [-0.05, 0) is 62.9 Å². The number of aryl methyl sites for hydroxylation is 1. The number of aliphatic hydroxyl groups is 4. The Balaban J connectivity index is 1.64. The summed E-state index contributed by atoms with van der Waals surface area (Å²) >= 11 is 0. The number of rotatable bonds is 14. The van der Waals surface area contributed by atoms with E-state index in [2.05, 4.69) is 15.5 Å². The normalized spacial score (nSPS) is 23.4. The van der Waals surface area contributed by atoms with Gasteiger partial charge in [0.05, 0.1) is 18.6 Å². The number of nitrogens with one attached hydrogen (secondary N) is 2. The van der Waals surface area contributed by atoms with Crippen molar-refractivity contribution in [2.24, 2.45) is 11.1 Å². The van der Waals surface area contributed by atoms with Crippen LogP contribution in [0.5, 0.6) is 11.6 Å². The number of nitrogens with zero attached hydrogens (tertiary/aromatic N) is 1. The lowest BCUT2D eigenvalue weighted by molar-refractivity contribution is -0.278. The van der Waals surface area contributed by atoms with Crippen molar-refractivity contribution < 1.29 is 39.4 Å². The molecule has 8 N–H and O–H groups in total. The largest absolute Gasteiger partial charge is 0.494 e. The monoisotopic (exact) mass is 564 g/mol. The molecule has 12 nitrogen and oxygen atoms in total. The molecule has 1 aromatic heterocycles. The molecule has 224 valence electrons. The third-order valence-electron chi connectivity index (χ3n) is 7.20. The standard InChI is InChI=1S/C28H44N4O8/c1-15(2)21-19(25(32-31-21)40-26-24(36)23(35)22(34)20(13-33)39-26)12-17-7-8-18(11-16(17)3)38-10-6-9-30-14-28(4,5)27(29)37/h7-8,11,15,20,22-24,26,30,33-36H,6,9-10,12-14H2,1-5H3,(H2,29,37)(H,31,32)/t20-,22-,23+,24-,26?/m1/s1. The van der Waals surface area contributed by atoms with Crippen LogP contribution < -0.4 is 20.5 Å². The van der Waals surface area contributed by atoms with E-state index in [1.807, 2.05) is 39.0 Å². The average molecular weight is 565 g/mol. The lowest BCUT2D eigenvalue weighted by atomic mass is 9.93. The van der Waals surface area contributed by atoms with Crippen molar-refractivity contribution >= 4 is 5.91 Å². The summed E-state index contributed by atoms with van der Waals surface area (Å²) in [6.07, 6.45) is -5.72. The number of benzene rings is 1. The smallest absolute Gasteiger partial charge is 0.238 e. The first-order valence-corrected chi connectivity index (χ1v) is 13.6. The second kappa shape index (κ2) is 13.7. The lowest BCUT2D eigenvalue weighted by Gasteiger charge is -2.39. The Labute approximate surface area is 234 Å². The van der Waals surface area contributed by atoms with Crippen LogP contribution in [0, 0.1) is 12.3 Å². The molecule has 1 unspecified atom stereocenters. The molecule has 0 radical (unpaired) electrons. The third kappa shape index (κ3) is 7.71. The average Bonchev–Trinajstić information content (AvgIpc) is 3.30. The molecule has 0 aliphatic carbocycles. The molecule has 1 aliphatic heterocycles. The molecule has 3 rings (SSSR count). The number of ether oxygens (including phenoxy) is 3. The zero-order valence-electron chi connectivity index (χ0n) is 23.9. The number of H-pyrrole nitrogens is 1. The van der Waals surface area contributed by atoms with Gasteiger partial charge in [-0.1, -0.05) is 19.9 Å². The van der Waals surface area contributed by atoms with Crippen LogP contribution in [-0.2, 0) is 16.0 Å². The molecule has 1 aromatic carbocycles. The van der Waals surface area contributed by atoms with E-state index in [-0.39, 0.29) is 17.7 Å². The van der Waals surface area contributed by atoms with Crippen molar-refractivity contribution in [1.29, 1.82) is 0 Å². The quantitative estimate of drug-likeness (QED) is 0.159. The van der Waals surface area contributed by atoms with Crippen LogP contribution in [0.1, 0.15) is 62.4 Å². The van der Waals surface area contributed by atoms with Gasteiger partial charge in [0.1, 0.15) is 30.2 Å². The molecule has 2 heterocycles. The van der Waals surface area contributed by atoms with E-state index in [1.165, 1.54) is 0 Å². The predicted octanol–water partition coefficient (Wildman–Crippen LogP) is 0.481. The molecule has 1 saturated heterocycles. The van der Waals surface area contributed by atoms with E-state index in [9.17, 15) is 25.2 Å². The first-order valence-electron chi connectivity index (χ1n) is 13.6. The maximum Gasteiger partial charge on any atom is 0.238 e. The number of hydrogen-bond acceptors (Lipinski definition) is 10. The molecule has 0 bridgehead atoms. The Morgan fingerprint density at radius 2 is 1.95 bits per heavy atom. The van der Waals surface area contributed by atoms with Gasteiger partial charge in [0.2, 0.25) is 18.1 Å². The summed E-state index contributed by atoms with van der Waals surface area (Å²) in [6, 6.07) is 5.85. The number of aromatic amines is 1. The second-order valence-corrected chi connectivity index (χ2v) is 11.3. The van der Waals surface area contributed by atoms with Crippen molar-refractivity contribution in [3.05, 3.63) is 40.6 Å². The molecule has 0 saturated carbocycles. The van der Waals surface area contributed by atoms with E-state index in [0.717, 1.165) is 34.6 Å². The van der Waals surface area contributed by atoms with Gasteiger partial charge in [-0.2, -0.15) is 0 Å². The number of primary amides is 1. The maximum absolute atomic E-state index is 11.4. The van der Waals surface area contributed by atoms with Crippen molar-refractivity contribution in [2.45, 2.75) is 84.1 Å². The fourth-order valence-corrected chi connectivity index (χ4v) is 4.40. The molecular formula is C28H44N4O8. The number of carbonyl (C=O) groups is 1. The van der Waals surface area contributed by atoms with Gasteiger partial charge >= 0.3 is 0 Å². The van der Waals surface area contributed by atoms with E-state index < -0.39 is 42.7 Å². The van der Waals surface area contributed by atoms with Crippen LogP contribution in [0.3, 0.4) is 0 Å². The van der Waals surface area contributed by atoms with E-state index in [4.69, 9.17) is 19.9 Å². The lowest BCUT2D eigenvalue weighted by Crippen LogP contribution is -2.60. The summed E-state index contributed by atoms with van der Waals surface area (Å²) < 4.78 is 17.3. The Morgan fingerprint density at radius 1 is 1.23 bits per heavy atom. The zero-order chi connectivity index (χ0) is 29.6. The van der Waals surface area contributed by atoms with E-state index in [1.54, 1.807) is 13.8 Å². The van der Waals surface area contributed by atoms with Crippen LogP contribution in [0.4, 0.5) is 0 Å². The molecule has 40 heavy (non-hydrogen) atoms. The van der Waals surface area contributed by atoms with Crippen molar-refractivity contribution in [3.63, 3.8) is 0 Å². The van der Waals surface area contributed by atoms with Crippen LogP contribution in [0.2, 0.25) is 0 Å². The minimum absolute atomic E-state index is 0.0970. The molecule has 1 amide bonds. The van der Waals surface area contributed by atoms with Crippen molar-refractivity contribution in [3.8, 4) is 11.6 Å². The number of amides is 1. The maximum atomic E-state index is 11.4. The second-order valence-electron chi connectivity index (χ2n) is 11.3. The number of aromatic nitrogens is 2. The van der Waals surface area contributed by atoms with Gasteiger partial charge in [-0.3, -0.25) is 9.89 Å². The molecular weight excluding hydrogens is 520 g/mol. The van der Waals surface area contributed by atoms with Gasteiger partial charge < -0.3 is 45.7 Å². The highest BCUT2D eigenvalue weighted by molar-refractivity contribution is 5.80. The zero-order valence-corrected chi connectivity index (χ0v) is 23.9. The van der Waals surface area contributed by atoms with Crippen LogP contribution in [0.15, 0.2) is 18.2 Å². The summed E-state index contributed by atoms with van der Waals surface area (Å²) in [5.74, 6) is 0.711. The highest BCUT2D eigenvalue weighted by Crippen LogP contribution is 2.32. The first-order chi connectivity index (χ1) is 18.9. The van der Waals surface area contributed by atoms with Crippen molar-refractivity contribution in [1.82, 2.24) is 15.5 Å². The molecule has 12 heteroatoms. The molecule has 2 aromatic rings. The Kier molecular flexibility index (Phi) is 10.9. The number of carbonyl (C=O) groups excluding carboxylic acids is 1. The van der Waals surface area contributed by atoms with Crippen LogP contribution >= 0.6 is 0 Å². The molecule has 0 spiro atoms. The summed E-state index contributed by atoms with van der Waals surface area (Å²) in [5.41, 5.74) is 8.45. The van der Waals surface area contributed by atoms with E-state index in [0.29, 0.717) is 26.1 Å². The summed E-state index contributed by atoms with van der Waals surface area (Å²) in [5, 5.41) is 50.6. The van der Waals surface area contributed by atoms with E-state index >= 15 is 0 Å². The van der Waals surface area contributed by atoms with Gasteiger partial charge in [-0.25, -0.2) is 0 Å².